The molecule has 0 aliphatic carbocycles. The summed E-state index contributed by atoms with van der Waals surface area (Å²) in [5.41, 5.74) is 2.73. The van der Waals surface area contributed by atoms with Gasteiger partial charge in [-0.2, -0.15) is 0 Å². The van der Waals surface area contributed by atoms with Gasteiger partial charge >= 0.3 is 0 Å². The van der Waals surface area contributed by atoms with E-state index >= 15 is 0 Å². The van der Waals surface area contributed by atoms with Crippen LogP contribution in [-0.4, -0.2) is 17.5 Å². The molecule has 170 valence electrons. The number of anilines is 1. The molecule has 2 aromatic carbocycles. The number of rotatable bonds is 8. The van der Waals surface area contributed by atoms with E-state index in [9.17, 15) is 4.79 Å². The number of hydrogen-bond donors (Lipinski definition) is 1. The average molecular weight is 471 g/mol. The van der Waals surface area contributed by atoms with Gasteiger partial charge in [-0.1, -0.05) is 70.5 Å². The van der Waals surface area contributed by atoms with Gasteiger partial charge in [-0.25, -0.2) is 4.98 Å². The Balaban J connectivity index is 1.50. The molecule has 0 aliphatic heterocycles. The second-order valence-corrected chi connectivity index (χ2v) is 11.5. The Bertz CT molecular complexity index is 1030. The maximum atomic E-state index is 12.3. The molecule has 1 amide bonds. The zero-order chi connectivity index (χ0) is 23.4. The number of nitrogens with one attached hydrogen (secondary N) is 1. The first-order chi connectivity index (χ1) is 15.0. The normalized spacial score (nSPS) is 11.9. The molecule has 0 unspecified atom stereocenters. The number of carbonyl (C=O) groups is 1. The Morgan fingerprint density at radius 1 is 1.03 bits per heavy atom. The lowest BCUT2D eigenvalue weighted by molar-refractivity contribution is -0.118. The van der Waals surface area contributed by atoms with Gasteiger partial charge in [-0.05, 0) is 52.6 Å². The van der Waals surface area contributed by atoms with Crippen LogP contribution in [0.4, 0.5) is 5.13 Å². The summed E-state index contributed by atoms with van der Waals surface area (Å²) in [5, 5.41) is 4.10. The number of halogens is 1. The largest absolute Gasteiger partial charge is 0.484 e. The highest BCUT2D eigenvalue weighted by atomic mass is 35.5. The number of ether oxygens (including phenoxy) is 1. The summed E-state index contributed by atoms with van der Waals surface area (Å²) in [7, 11) is 0. The molecule has 0 saturated heterocycles. The Hall–Kier alpha value is -2.37. The van der Waals surface area contributed by atoms with E-state index in [1.807, 2.05) is 36.4 Å². The number of thiazole rings is 1. The molecule has 1 aromatic heterocycles. The standard InChI is InChI=1S/C26H31ClN2O2S/c1-25(2,3)17-26(4,5)19-8-12-21(13-9-19)31-16-23(30)29-24-28-15-22(32-24)14-18-6-10-20(27)11-7-18/h6-13,15H,14,16-17H2,1-5H3,(H,28,29,30). The first-order valence-corrected chi connectivity index (χ1v) is 11.9. The van der Waals surface area contributed by atoms with Crippen LogP contribution in [0.5, 0.6) is 5.75 Å². The first kappa shape index (κ1) is 24.3. The minimum Gasteiger partial charge on any atom is -0.484 e. The highest BCUT2D eigenvalue weighted by molar-refractivity contribution is 7.15. The van der Waals surface area contributed by atoms with E-state index in [1.165, 1.54) is 16.9 Å². The van der Waals surface area contributed by atoms with Crippen LogP contribution in [0.15, 0.2) is 54.7 Å². The summed E-state index contributed by atoms with van der Waals surface area (Å²) < 4.78 is 5.67. The van der Waals surface area contributed by atoms with E-state index in [0.717, 1.165) is 23.3 Å². The maximum Gasteiger partial charge on any atom is 0.264 e. The first-order valence-electron chi connectivity index (χ1n) is 10.7. The Labute approximate surface area is 200 Å². The van der Waals surface area contributed by atoms with Crippen LogP contribution in [0.2, 0.25) is 5.02 Å². The zero-order valence-electron chi connectivity index (χ0n) is 19.4. The summed E-state index contributed by atoms with van der Waals surface area (Å²) in [4.78, 5) is 17.7. The third-order valence-corrected chi connectivity index (χ3v) is 6.23. The molecular formula is C26H31ClN2O2S. The van der Waals surface area contributed by atoms with Crippen molar-refractivity contribution in [1.29, 1.82) is 0 Å². The molecule has 0 aliphatic rings. The van der Waals surface area contributed by atoms with Crippen molar-refractivity contribution in [2.75, 3.05) is 11.9 Å². The van der Waals surface area contributed by atoms with Crippen LogP contribution < -0.4 is 10.1 Å². The highest BCUT2D eigenvalue weighted by Crippen LogP contribution is 2.36. The predicted octanol–water partition coefficient (Wildman–Crippen LogP) is 7.12. The fraction of sp³-hybridized carbons (Fsp3) is 0.385. The Morgan fingerprint density at radius 2 is 1.69 bits per heavy atom. The number of nitrogens with zero attached hydrogens (tertiary/aromatic N) is 1. The van der Waals surface area contributed by atoms with Gasteiger partial charge in [0.25, 0.3) is 5.91 Å². The van der Waals surface area contributed by atoms with Crippen molar-refractivity contribution >= 4 is 34.0 Å². The molecule has 4 nitrogen and oxygen atoms in total. The van der Waals surface area contributed by atoms with E-state index < -0.39 is 0 Å². The quantitative estimate of drug-likeness (QED) is 0.381. The lowest BCUT2D eigenvalue weighted by Crippen LogP contribution is -2.24. The minimum atomic E-state index is -0.227. The Kier molecular flexibility index (Phi) is 7.63. The van der Waals surface area contributed by atoms with Gasteiger partial charge in [0.05, 0.1) is 0 Å². The summed E-state index contributed by atoms with van der Waals surface area (Å²) in [6, 6.07) is 15.8. The molecule has 6 heteroatoms. The molecule has 0 saturated carbocycles. The van der Waals surface area contributed by atoms with E-state index in [-0.39, 0.29) is 23.3 Å². The Morgan fingerprint density at radius 3 is 2.31 bits per heavy atom. The van der Waals surface area contributed by atoms with Crippen molar-refractivity contribution in [2.24, 2.45) is 5.41 Å². The smallest absolute Gasteiger partial charge is 0.264 e. The second kappa shape index (κ2) is 10.1. The summed E-state index contributed by atoms with van der Waals surface area (Å²) >= 11 is 7.39. The monoisotopic (exact) mass is 470 g/mol. The van der Waals surface area contributed by atoms with Crippen LogP contribution >= 0.6 is 22.9 Å². The molecule has 3 rings (SSSR count). The number of benzene rings is 2. The molecule has 0 spiro atoms. The fourth-order valence-corrected chi connectivity index (χ4v) is 4.97. The van der Waals surface area contributed by atoms with E-state index in [4.69, 9.17) is 16.3 Å². The fourth-order valence-electron chi connectivity index (χ4n) is 3.98. The molecular weight excluding hydrogens is 440 g/mol. The number of amides is 1. The minimum absolute atomic E-state index is 0.0587. The SMILES string of the molecule is CC(C)(C)CC(C)(C)c1ccc(OCC(=O)Nc2ncc(Cc3ccc(Cl)cc3)s2)cc1. The molecule has 1 heterocycles. The number of hydrogen-bond acceptors (Lipinski definition) is 4. The van der Waals surface area contributed by atoms with Crippen LogP contribution in [0.25, 0.3) is 0 Å². The molecule has 0 radical (unpaired) electrons. The summed E-state index contributed by atoms with van der Waals surface area (Å²) in [5.74, 6) is 0.451. The third-order valence-electron chi connectivity index (χ3n) is 5.07. The van der Waals surface area contributed by atoms with E-state index in [0.29, 0.717) is 15.9 Å². The van der Waals surface area contributed by atoms with Gasteiger partial charge in [0.2, 0.25) is 0 Å². The average Bonchev–Trinajstić information content (AvgIpc) is 3.13. The van der Waals surface area contributed by atoms with Gasteiger partial charge in [0.1, 0.15) is 5.75 Å². The predicted molar refractivity (Wildman–Crippen MR) is 134 cm³/mol. The van der Waals surface area contributed by atoms with Gasteiger partial charge < -0.3 is 4.74 Å². The number of aromatic nitrogens is 1. The third kappa shape index (κ3) is 7.35. The maximum absolute atomic E-state index is 12.3. The van der Waals surface area contributed by atoms with Crippen molar-refractivity contribution < 1.29 is 9.53 Å². The molecule has 3 aromatic rings. The van der Waals surface area contributed by atoms with Gasteiger partial charge in [0.15, 0.2) is 11.7 Å². The summed E-state index contributed by atoms with van der Waals surface area (Å²) in [6.07, 6.45) is 3.61. The molecule has 1 N–H and O–H groups in total. The van der Waals surface area contributed by atoms with Crippen molar-refractivity contribution in [3.05, 3.63) is 75.8 Å². The molecule has 0 atom stereocenters. The van der Waals surface area contributed by atoms with Gasteiger partial charge in [-0.15, -0.1) is 11.3 Å². The van der Waals surface area contributed by atoms with Crippen LogP contribution in [0, 0.1) is 5.41 Å². The van der Waals surface area contributed by atoms with Crippen LogP contribution in [0.3, 0.4) is 0 Å². The number of carbonyl (C=O) groups excluding carboxylic acids is 1. The van der Waals surface area contributed by atoms with E-state index in [1.54, 1.807) is 6.20 Å². The van der Waals surface area contributed by atoms with E-state index in [2.05, 4.69) is 57.1 Å². The van der Waals surface area contributed by atoms with Crippen molar-refractivity contribution in [1.82, 2.24) is 4.98 Å². The van der Waals surface area contributed by atoms with Crippen molar-refractivity contribution in [3.63, 3.8) is 0 Å². The summed E-state index contributed by atoms with van der Waals surface area (Å²) in [6.45, 7) is 11.2. The van der Waals surface area contributed by atoms with Gasteiger partial charge in [-0.3, -0.25) is 10.1 Å². The zero-order valence-corrected chi connectivity index (χ0v) is 20.9. The van der Waals surface area contributed by atoms with Crippen molar-refractivity contribution in [2.45, 2.75) is 52.9 Å². The van der Waals surface area contributed by atoms with Gasteiger partial charge in [0, 0.05) is 22.5 Å². The van der Waals surface area contributed by atoms with Crippen LogP contribution in [-0.2, 0) is 16.6 Å². The molecule has 32 heavy (non-hydrogen) atoms. The second-order valence-electron chi connectivity index (χ2n) is 9.92. The topological polar surface area (TPSA) is 51.2 Å². The molecule has 0 bridgehead atoms. The lowest BCUT2D eigenvalue weighted by Gasteiger charge is -2.33. The molecule has 0 fully saturated rings. The lowest BCUT2D eigenvalue weighted by atomic mass is 9.72. The van der Waals surface area contributed by atoms with Crippen LogP contribution in [0.1, 0.15) is 57.0 Å². The highest BCUT2D eigenvalue weighted by Gasteiger charge is 2.27. The van der Waals surface area contributed by atoms with Crippen molar-refractivity contribution in [3.8, 4) is 5.75 Å².